The largest absolute Gasteiger partial charge is 0.392 e. The van der Waals surface area contributed by atoms with E-state index in [0.717, 1.165) is 6.07 Å². The van der Waals surface area contributed by atoms with Gasteiger partial charge >= 0.3 is 0 Å². The monoisotopic (exact) mass is 299 g/mol. The average Bonchev–Trinajstić information content (AvgIpc) is 2.77. The van der Waals surface area contributed by atoms with E-state index in [1.165, 1.54) is 30.1 Å². The molecule has 1 aromatic carbocycles. The molecule has 0 spiro atoms. The second-order valence-corrected chi connectivity index (χ2v) is 6.06. The molecule has 6 nitrogen and oxygen atoms in total. The van der Waals surface area contributed by atoms with Crippen LogP contribution in [0.1, 0.15) is 11.1 Å². The van der Waals surface area contributed by atoms with Gasteiger partial charge in [0, 0.05) is 18.8 Å². The van der Waals surface area contributed by atoms with Crippen LogP contribution in [0.2, 0.25) is 0 Å². The summed E-state index contributed by atoms with van der Waals surface area (Å²) in [5.74, 6) is -0.604. The SMILES string of the molecule is Cc1cc(S(=O)(=O)Nc2cnn(C)c2)cc(CO)c1F. The molecule has 1 heterocycles. The molecule has 0 bridgehead atoms. The molecule has 1 aromatic heterocycles. The molecule has 2 N–H and O–H groups in total. The van der Waals surface area contributed by atoms with Crippen LogP contribution in [0, 0.1) is 12.7 Å². The van der Waals surface area contributed by atoms with E-state index in [2.05, 4.69) is 9.82 Å². The maximum absolute atomic E-state index is 13.6. The van der Waals surface area contributed by atoms with Gasteiger partial charge in [-0.25, -0.2) is 12.8 Å². The Morgan fingerprint density at radius 2 is 2.15 bits per heavy atom. The van der Waals surface area contributed by atoms with E-state index in [-0.39, 0.29) is 16.0 Å². The fourth-order valence-electron chi connectivity index (χ4n) is 1.76. The maximum Gasteiger partial charge on any atom is 0.262 e. The number of aromatic nitrogens is 2. The first kappa shape index (κ1) is 14.5. The summed E-state index contributed by atoms with van der Waals surface area (Å²) in [6.07, 6.45) is 2.86. The van der Waals surface area contributed by atoms with Gasteiger partial charge in [-0.3, -0.25) is 9.40 Å². The smallest absolute Gasteiger partial charge is 0.262 e. The topological polar surface area (TPSA) is 84.2 Å². The zero-order chi connectivity index (χ0) is 14.9. The van der Waals surface area contributed by atoms with Crippen molar-refractivity contribution < 1.29 is 17.9 Å². The lowest BCUT2D eigenvalue weighted by Crippen LogP contribution is -2.14. The number of rotatable bonds is 4. The van der Waals surface area contributed by atoms with E-state index in [1.807, 2.05) is 0 Å². The van der Waals surface area contributed by atoms with Crippen molar-refractivity contribution in [2.75, 3.05) is 4.72 Å². The van der Waals surface area contributed by atoms with Crippen LogP contribution in [-0.4, -0.2) is 23.3 Å². The van der Waals surface area contributed by atoms with E-state index < -0.39 is 22.4 Å². The van der Waals surface area contributed by atoms with Crippen molar-refractivity contribution >= 4 is 15.7 Å². The Kier molecular flexibility index (Phi) is 3.78. The second-order valence-electron chi connectivity index (χ2n) is 4.38. The predicted molar refractivity (Wildman–Crippen MR) is 71.1 cm³/mol. The molecule has 20 heavy (non-hydrogen) atoms. The number of aliphatic hydroxyl groups excluding tert-OH is 1. The van der Waals surface area contributed by atoms with Gasteiger partial charge in [-0.2, -0.15) is 5.10 Å². The molecule has 2 rings (SSSR count). The number of nitrogens with zero attached hydrogens (tertiary/aromatic N) is 2. The number of nitrogens with one attached hydrogen (secondary N) is 1. The Morgan fingerprint density at radius 1 is 1.45 bits per heavy atom. The lowest BCUT2D eigenvalue weighted by atomic mass is 10.1. The number of halogens is 1. The van der Waals surface area contributed by atoms with E-state index in [9.17, 15) is 12.8 Å². The summed E-state index contributed by atoms with van der Waals surface area (Å²) in [5.41, 5.74) is 0.402. The van der Waals surface area contributed by atoms with Crippen molar-refractivity contribution in [3.63, 3.8) is 0 Å². The van der Waals surface area contributed by atoms with Crippen LogP contribution in [0.25, 0.3) is 0 Å². The molecule has 2 aromatic rings. The number of sulfonamides is 1. The van der Waals surface area contributed by atoms with Crippen molar-refractivity contribution in [1.29, 1.82) is 0 Å². The van der Waals surface area contributed by atoms with Crippen LogP contribution >= 0.6 is 0 Å². The standard InChI is InChI=1S/C12H14FN3O3S/c1-8-3-11(4-9(7-17)12(8)13)20(18,19)15-10-5-14-16(2)6-10/h3-6,15,17H,7H2,1-2H3. The summed E-state index contributed by atoms with van der Waals surface area (Å²) >= 11 is 0. The van der Waals surface area contributed by atoms with Crippen LogP contribution in [0.15, 0.2) is 29.4 Å². The quantitative estimate of drug-likeness (QED) is 0.887. The number of hydrogen-bond acceptors (Lipinski definition) is 4. The van der Waals surface area contributed by atoms with E-state index in [0.29, 0.717) is 5.69 Å². The minimum Gasteiger partial charge on any atom is -0.392 e. The van der Waals surface area contributed by atoms with Crippen LogP contribution < -0.4 is 4.72 Å². The molecule has 108 valence electrons. The second kappa shape index (κ2) is 5.22. The van der Waals surface area contributed by atoms with Gasteiger partial charge in [0.2, 0.25) is 0 Å². The zero-order valence-electron chi connectivity index (χ0n) is 11.0. The fourth-order valence-corrected chi connectivity index (χ4v) is 2.93. The summed E-state index contributed by atoms with van der Waals surface area (Å²) in [6, 6.07) is 2.33. The number of hydrogen-bond donors (Lipinski definition) is 2. The van der Waals surface area contributed by atoms with Gasteiger partial charge in [0.1, 0.15) is 5.82 Å². The lowest BCUT2D eigenvalue weighted by Gasteiger charge is -2.10. The highest BCUT2D eigenvalue weighted by atomic mass is 32.2. The Hall–Kier alpha value is -1.93. The third-order valence-corrected chi connectivity index (χ3v) is 4.10. The molecular formula is C12H14FN3O3S. The van der Waals surface area contributed by atoms with Crippen molar-refractivity contribution in [3.8, 4) is 0 Å². The van der Waals surface area contributed by atoms with Crippen molar-refractivity contribution in [1.82, 2.24) is 9.78 Å². The molecule has 0 saturated carbocycles. The van der Waals surface area contributed by atoms with Gasteiger partial charge in [-0.15, -0.1) is 0 Å². The zero-order valence-corrected chi connectivity index (χ0v) is 11.8. The average molecular weight is 299 g/mol. The van der Waals surface area contributed by atoms with Crippen molar-refractivity contribution in [3.05, 3.63) is 41.5 Å². The van der Waals surface area contributed by atoms with Crippen LogP contribution in [0.4, 0.5) is 10.1 Å². The van der Waals surface area contributed by atoms with Gasteiger partial charge in [0.05, 0.1) is 23.4 Å². The highest BCUT2D eigenvalue weighted by Crippen LogP contribution is 2.21. The summed E-state index contributed by atoms with van der Waals surface area (Å²) in [6.45, 7) is 0.876. The van der Waals surface area contributed by atoms with Gasteiger partial charge in [0.15, 0.2) is 0 Å². The molecule has 0 atom stereocenters. The molecule has 0 radical (unpaired) electrons. The summed E-state index contributed by atoms with van der Waals surface area (Å²) in [5, 5.41) is 12.9. The van der Waals surface area contributed by atoms with Crippen molar-refractivity contribution in [2.24, 2.45) is 7.05 Å². The lowest BCUT2D eigenvalue weighted by molar-refractivity contribution is 0.275. The molecule has 8 heteroatoms. The molecule has 0 fully saturated rings. The Balaban J connectivity index is 2.41. The molecule has 0 unspecified atom stereocenters. The van der Waals surface area contributed by atoms with Gasteiger partial charge < -0.3 is 5.11 Å². The van der Waals surface area contributed by atoms with E-state index >= 15 is 0 Å². The van der Waals surface area contributed by atoms with E-state index in [4.69, 9.17) is 5.11 Å². The normalized spacial score (nSPS) is 11.6. The van der Waals surface area contributed by atoms with Gasteiger partial charge in [-0.05, 0) is 24.6 Å². The van der Waals surface area contributed by atoms with Gasteiger partial charge in [0.25, 0.3) is 10.0 Å². The first-order chi connectivity index (χ1) is 9.33. The minimum atomic E-state index is -3.85. The molecule has 0 amide bonds. The third kappa shape index (κ3) is 2.81. The number of benzene rings is 1. The van der Waals surface area contributed by atoms with E-state index in [1.54, 1.807) is 7.05 Å². The molecule has 0 aliphatic heterocycles. The maximum atomic E-state index is 13.6. The molecule has 0 aliphatic carbocycles. The number of aliphatic hydroxyl groups is 1. The predicted octanol–water partition coefficient (Wildman–Crippen LogP) is 1.16. The summed E-state index contributed by atoms with van der Waals surface area (Å²) in [7, 11) is -2.20. The molecule has 0 saturated heterocycles. The molecule has 0 aliphatic rings. The third-order valence-electron chi connectivity index (χ3n) is 2.74. The number of anilines is 1. The summed E-state index contributed by atoms with van der Waals surface area (Å²) < 4.78 is 41.8. The van der Waals surface area contributed by atoms with Crippen LogP contribution in [0.5, 0.6) is 0 Å². The minimum absolute atomic E-state index is 0.0587. The fraction of sp³-hybridized carbons (Fsp3) is 0.250. The number of aryl methyl sites for hydroxylation is 2. The molecular weight excluding hydrogens is 285 g/mol. The van der Waals surface area contributed by atoms with Crippen LogP contribution in [-0.2, 0) is 23.7 Å². The highest BCUT2D eigenvalue weighted by Gasteiger charge is 2.18. The summed E-state index contributed by atoms with van der Waals surface area (Å²) in [4.78, 5) is -0.107. The van der Waals surface area contributed by atoms with Gasteiger partial charge in [-0.1, -0.05) is 0 Å². The Morgan fingerprint density at radius 3 is 2.70 bits per heavy atom. The Bertz CT molecular complexity index is 740. The Labute approximate surface area is 115 Å². The first-order valence-electron chi connectivity index (χ1n) is 5.75. The van der Waals surface area contributed by atoms with Crippen LogP contribution in [0.3, 0.4) is 0 Å². The first-order valence-corrected chi connectivity index (χ1v) is 7.23. The van der Waals surface area contributed by atoms with Crippen molar-refractivity contribution in [2.45, 2.75) is 18.4 Å². The highest BCUT2D eigenvalue weighted by molar-refractivity contribution is 7.92.